The molecule has 124 valence electrons. The Hall–Kier alpha value is -3.62. The first-order valence-corrected chi connectivity index (χ1v) is 6.56. The van der Waals surface area contributed by atoms with Gasteiger partial charge in [0.2, 0.25) is 0 Å². The SMILES string of the molecule is COc1cc(C=NNc2ccc(C(=O)[O-])cc2)cc([N+](=O)[O-])c1[O-]. The van der Waals surface area contributed by atoms with Gasteiger partial charge in [0.25, 0.3) is 5.69 Å². The van der Waals surface area contributed by atoms with Crippen LogP contribution in [-0.2, 0) is 0 Å². The largest absolute Gasteiger partial charge is 0.865 e. The van der Waals surface area contributed by atoms with Crippen molar-refractivity contribution in [2.75, 3.05) is 12.5 Å². The fourth-order valence-electron chi connectivity index (χ4n) is 1.83. The van der Waals surface area contributed by atoms with E-state index in [1.54, 1.807) is 0 Å². The Labute approximate surface area is 136 Å². The summed E-state index contributed by atoms with van der Waals surface area (Å²) >= 11 is 0. The molecule has 0 saturated heterocycles. The average Bonchev–Trinajstić information content (AvgIpc) is 2.56. The number of rotatable bonds is 6. The van der Waals surface area contributed by atoms with Crippen LogP contribution >= 0.6 is 0 Å². The summed E-state index contributed by atoms with van der Waals surface area (Å²) in [6, 6.07) is 8.04. The van der Waals surface area contributed by atoms with E-state index in [0.29, 0.717) is 5.69 Å². The quantitative estimate of drug-likeness (QED) is 0.462. The third-order valence-electron chi connectivity index (χ3n) is 3.00. The van der Waals surface area contributed by atoms with Crippen molar-refractivity contribution in [2.24, 2.45) is 5.10 Å². The van der Waals surface area contributed by atoms with Crippen molar-refractivity contribution >= 4 is 23.6 Å². The standard InChI is InChI=1S/C15H13N3O6/c1-24-13-7-9(6-12(14(13)19)18(22)23)8-16-17-11-4-2-10(3-5-11)15(20)21/h2-8,17,19H,1H3,(H,20,21)/p-2. The number of nitro benzene ring substituents is 1. The van der Waals surface area contributed by atoms with E-state index in [9.17, 15) is 25.1 Å². The Morgan fingerprint density at radius 2 is 1.96 bits per heavy atom. The molecule has 24 heavy (non-hydrogen) atoms. The summed E-state index contributed by atoms with van der Waals surface area (Å²) in [6.45, 7) is 0. The van der Waals surface area contributed by atoms with Crippen LogP contribution < -0.4 is 20.4 Å². The highest BCUT2D eigenvalue weighted by Crippen LogP contribution is 2.33. The number of hydrogen-bond acceptors (Lipinski definition) is 8. The van der Waals surface area contributed by atoms with Gasteiger partial charge in [0.1, 0.15) is 5.75 Å². The number of nitrogens with zero attached hydrogens (tertiary/aromatic N) is 2. The zero-order valence-electron chi connectivity index (χ0n) is 12.4. The first-order chi connectivity index (χ1) is 11.4. The Kier molecular flexibility index (Phi) is 4.95. The molecule has 1 N–H and O–H groups in total. The molecule has 0 aromatic heterocycles. The summed E-state index contributed by atoms with van der Waals surface area (Å²) in [5, 5.41) is 37.1. The van der Waals surface area contributed by atoms with Crippen LogP contribution in [0, 0.1) is 10.1 Å². The zero-order chi connectivity index (χ0) is 17.7. The number of carbonyl (C=O) groups is 1. The molecule has 0 unspecified atom stereocenters. The maximum absolute atomic E-state index is 11.7. The Morgan fingerprint density at radius 3 is 2.50 bits per heavy atom. The molecule has 2 rings (SSSR count). The second-order valence-electron chi connectivity index (χ2n) is 4.56. The maximum atomic E-state index is 11.7. The van der Waals surface area contributed by atoms with E-state index >= 15 is 0 Å². The molecule has 0 aliphatic carbocycles. The van der Waals surface area contributed by atoms with Crippen LogP contribution in [0.4, 0.5) is 11.4 Å². The van der Waals surface area contributed by atoms with Crippen LogP contribution in [0.1, 0.15) is 15.9 Å². The topological polar surface area (TPSA) is 140 Å². The van der Waals surface area contributed by atoms with Crippen molar-refractivity contribution in [1.82, 2.24) is 0 Å². The van der Waals surface area contributed by atoms with Gasteiger partial charge in [-0.1, -0.05) is 12.1 Å². The number of hydrogen-bond donors (Lipinski definition) is 1. The summed E-state index contributed by atoms with van der Waals surface area (Å²) in [4.78, 5) is 20.7. The van der Waals surface area contributed by atoms with E-state index in [2.05, 4.69) is 10.5 Å². The average molecular weight is 329 g/mol. The van der Waals surface area contributed by atoms with Crippen LogP contribution in [-0.4, -0.2) is 24.2 Å². The lowest BCUT2D eigenvalue weighted by Crippen LogP contribution is -2.21. The molecule has 0 heterocycles. The number of methoxy groups -OCH3 is 1. The number of nitro groups is 1. The summed E-state index contributed by atoms with van der Waals surface area (Å²) < 4.78 is 4.82. The number of carboxylic acid groups (broad SMARTS) is 1. The molecular formula is C15H11N3O6-2. The first kappa shape index (κ1) is 16.7. The van der Waals surface area contributed by atoms with Crippen molar-refractivity contribution in [1.29, 1.82) is 0 Å². The van der Waals surface area contributed by atoms with E-state index in [-0.39, 0.29) is 16.9 Å². The number of carboxylic acids is 1. The highest BCUT2D eigenvalue weighted by Gasteiger charge is 2.12. The van der Waals surface area contributed by atoms with Gasteiger partial charge < -0.3 is 19.7 Å². The monoisotopic (exact) mass is 329 g/mol. The maximum Gasteiger partial charge on any atom is 0.266 e. The normalized spacial score (nSPS) is 10.5. The smallest absolute Gasteiger partial charge is 0.266 e. The number of nitrogens with one attached hydrogen (secondary N) is 1. The van der Waals surface area contributed by atoms with Gasteiger partial charge in [-0.05, 0) is 23.8 Å². The fourth-order valence-corrected chi connectivity index (χ4v) is 1.83. The van der Waals surface area contributed by atoms with Crippen LogP contribution in [0.3, 0.4) is 0 Å². The van der Waals surface area contributed by atoms with E-state index < -0.39 is 22.3 Å². The van der Waals surface area contributed by atoms with E-state index in [1.807, 2.05) is 0 Å². The molecule has 0 saturated carbocycles. The van der Waals surface area contributed by atoms with Crippen LogP contribution in [0.15, 0.2) is 41.5 Å². The lowest BCUT2D eigenvalue weighted by molar-refractivity contribution is -0.398. The zero-order valence-corrected chi connectivity index (χ0v) is 12.4. The molecule has 0 bridgehead atoms. The van der Waals surface area contributed by atoms with Crippen molar-refractivity contribution in [3.8, 4) is 11.5 Å². The molecule has 2 aromatic rings. The summed E-state index contributed by atoms with van der Waals surface area (Å²) in [5.74, 6) is -2.27. The number of benzene rings is 2. The lowest BCUT2D eigenvalue weighted by Gasteiger charge is -2.13. The molecule has 0 atom stereocenters. The van der Waals surface area contributed by atoms with Gasteiger partial charge in [0, 0.05) is 17.4 Å². The van der Waals surface area contributed by atoms with Gasteiger partial charge in [-0.3, -0.25) is 15.5 Å². The second kappa shape index (κ2) is 7.09. The van der Waals surface area contributed by atoms with Gasteiger partial charge in [-0.25, -0.2) is 0 Å². The van der Waals surface area contributed by atoms with Crippen molar-refractivity contribution in [3.05, 3.63) is 57.6 Å². The molecule has 0 aliphatic heterocycles. The minimum absolute atomic E-state index is 0.0240. The molecular weight excluding hydrogens is 318 g/mol. The van der Waals surface area contributed by atoms with Crippen LogP contribution in [0.2, 0.25) is 0 Å². The van der Waals surface area contributed by atoms with Crippen LogP contribution in [0.25, 0.3) is 0 Å². The molecule has 0 spiro atoms. The third kappa shape index (κ3) is 3.77. The van der Waals surface area contributed by atoms with Crippen molar-refractivity contribution in [3.63, 3.8) is 0 Å². The number of carbonyl (C=O) groups excluding carboxylic acids is 1. The number of aromatic carboxylic acids is 1. The summed E-state index contributed by atoms with van der Waals surface area (Å²) in [6.07, 6.45) is 1.27. The molecule has 2 aromatic carbocycles. The summed E-state index contributed by atoms with van der Waals surface area (Å²) in [7, 11) is 1.23. The molecule has 0 amide bonds. The second-order valence-corrected chi connectivity index (χ2v) is 4.56. The first-order valence-electron chi connectivity index (χ1n) is 6.56. The summed E-state index contributed by atoms with van der Waals surface area (Å²) in [5.41, 5.74) is 2.82. The van der Waals surface area contributed by atoms with E-state index in [0.717, 1.165) is 6.07 Å². The number of ether oxygens (including phenoxy) is 1. The Balaban J connectivity index is 2.18. The van der Waals surface area contributed by atoms with E-state index in [4.69, 9.17) is 4.74 Å². The molecule has 9 nitrogen and oxygen atoms in total. The molecule has 0 radical (unpaired) electrons. The highest BCUT2D eigenvalue weighted by atomic mass is 16.6. The van der Waals surface area contributed by atoms with Crippen LogP contribution in [0.5, 0.6) is 11.5 Å². The van der Waals surface area contributed by atoms with Gasteiger partial charge >= 0.3 is 0 Å². The van der Waals surface area contributed by atoms with Gasteiger partial charge in [0.15, 0.2) is 0 Å². The van der Waals surface area contributed by atoms with Gasteiger partial charge in [0.05, 0.1) is 29.9 Å². The van der Waals surface area contributed by atoms with Gasteiger partial charge in [-0.2, -0.15) is 5.10 Å². The Morgan fingerprint density at radius 1 is 1.29 bits per heavy atom. The molecule has 0 fully saturated rings. The third-order valence-corrected chi connectivity index (χ3v) is 3.00. The predicted molar refractivity (Wildman–Crippen MR) is 81.1 cm³/mol. The van der Waals surface area contributed by atoms with E-state index in [1.165, 1.54) is 43.7 Å². The minimum atomic E-state index is -1.29. The predicted octanol–water partition coefficient (Wildman–Crippen LogP) is 0.486. The molecule has 0 aliphatic rings. The van der Waals surface area contributed by atoms with Gasteiger partial charge in [-0.15, -0.1) is 0 Å². The fraction of sp³-hybridized carbons (Fsp3) is 0.0667. The lowest BCUT2D eigenvalue weighted by atomic mass is 10.2. The Bertz CT molecular complexity index is 802. The van der Waals surface area contributed by atoms with Crippen molar-refractivity contribution < 1.29 is 24.7 Å². The number of hydrazone groups is 1. The minimum Gasteiger partial charge on any atom is -0.865 e. The molecule has 9 heteroatoms. The van der Waals surface area contributed by atoms with Crippen molar-refractivity contribution in [2.45, 2.75) is 0 Å². The number of anilines is 1. The highest BCUT2D eigenvalue weighted by molar-refractivity contribution is 5.86.